The second-order valence-corrected chi connectivity index (χ2v) is 10.5. The Kier molecular flexibility index (Phi) is 7.69. The van der Waals surface area contributed by atoms with Gasteiger partial charge in [0.05, 0.1) is 13.1 Å². The van der Waals surface area contributed by atoms with E-state index in [1.165, 1.54) is 22.5 Å². The molecule has 158 valence electrons. The normalized spacial score (nSPS) is 16.0. The van der Waals surface area contributed by atoms with Crippen LogP contribution in [0.25, 0.3) is 0 Å². The van der Waals surface area contributed by atoms with Crippen LogP contribution in [0.15, 0.2) is 45.6 Å². The van der Waals surface area contributed by atoms with Crippen molar-refractivity contribution in [1.82, 2.24) is 14.9 Å². The van der Waals surface area contributed by atoms with Crippen molar-refractivity contribution in [3.05, 3.63) is 52.4 Å². The maximum Gasteiger partial charge on any atom is 0.252 e. The predicted octanol–water partition coefficient (Wildman–Crippen LogP) is 3.49. The fraction of sp³-hybridized carbons (Fsp3) is 0.476. The van der Waals surface area contributed by atoms with Crippen molar-refractivity contribution in [2.24, 2.45) is 4.99 Å². The Bertz CT molecular complexity index is 932. The van der Waals surface area contributed by atoms with E-state index in [9.17, 15) is 8.42 Å². The molecule has 0 amide bonds. The van der Waals surface area contributed by atoms with Gasteiger partial charge in [0, 0.05) is 24.5 Å². The fourth-order valence-electron chi connectivity index (χ4n) is 3.29. The van der Waals surface area contributed by atoms with Gasteiger partial charge < -0.3 is 10.6 Å². The van der Waals surface area contributed by atoms with Gasteiger partial charge in [0.25, 0.3) is 10.0 Å². The maximum absolute atomic E-state index is 12.8. The van der Waals surface area contributed by atoms with Gasteiger partial charge in [-0.05, 0) is 49.9 Å². The third-order valence-electron chi connectivity index (χ3n) is 4.99. The molecule has 0 atom stereocenters. The Morgan fingerprint density at radius 1 is 1.10 bits per heavy atom. The summed E-state index contributed by atoms with van der Waals surface area (Å²) in [6.07, 6.45) is 3.01. The number of aryl methyl sites for hydroxylation is 1. The average Bonchev–Trinajstić information content (AvgIpc) is 3.22. The van der Waals surface area contributed by atoms with Crippen LogP contribution in [-0.4, -0.2) is 38.3 Å². The second-order valence-electron chi connectivity index (χ2n) is 7.16. The highest BCUT2D eigenvalue weighted by atomic mass is 32.2. The van der Waals surface area contributed by atoms with E-state index in [4.69, 9.17) is 0 Å². The topological polar surface area (TPSA) is 73.8 Å². The molecule has 1 fully saturated rings. The minimum absolute atomic E-state index is 0.429. The van der Waals surface area contributed by atoms with Gasteiger partial charge in [-0.25, -0.2) is 13.4 Å². The summed E-state index contributed by atoms with van der Waals surface area (Å²) >= 11 is 1.34. The summed E-state index contributed by atoms with van der Waals surface area (Å²) in [5.41, 5.74) is 2.41. The van der Waals surface area contributed by atoms with Crippen molar-refractivity contribution < 1.29 is 8.42 Å². The minimum Gasteiger partial charge on any atom is -0.357 e. The molecule has 0 aliphatic carbocycles. The number of guanidine groups is 1. The van der Waals surface area contributed by atoms with Crippen molar-refractivity contribution >= 4 is 27.3 Å². The summed E-state index contributed by atoms with van der Waals surface area (Å²) in [4.78, 5) is 5.64. The summed E-state index contributed by atoms with van der Waals surface area (Å²) in [5.74, 6) is 0.726. The standard InChI is InChI=1S/C21H30N4O2S2/c1-3-22-21(23-15-18-10-6-5-9-17(18)2)24-16-19-11-12-20(28-19)29(26,27)25-13-7-4-8-14-25/h5-6,9-12H,3-4,7-8,13-16H2,1-2H3,(H2,22,23,24). The first kappa shape index (κ1) is 21.8. The van der Waals surface area contributed by atoms with E-state index in [0.717, 1.165) is 36.6 Å². The number of piperidine rings is 1. The first-order valence-corrected chi connectivity index (χ1v) is 12.4. The second kappa shape index (κ2) is 10.2. The molecule has 3 rings (SSSR count). The van der Waals surface area contributed by atoms with E-state index in [2.05, 4.69) is 34.7 Å². The van der Waals surface area contributed by atoms with Gasteiger partial charge in [-0.3, -0.25) is 0 Å². The van der Waals surface area contributed by atoms with E-state index >= 15 is 0 Å². The van der Waals surface area contributed by atoms with Gasteiger partial charge >= 0.3 is 0 Å². The van der Waals surface area contributed by atoms with Crippen LogP contribution in [-0.2, 0) is 23.1 Å². The lowest BCUT2D eigenvalue weighted by Gasteiger charge is -2.25. The number of benzene rings is 1. The lowest BCUT2D eigenvalue weighted by atomic mass is 10.1. The zero-order chi connectivity index (χ0) is 20.7. The quantitative estimate of drug-likeness (QED) is 0.517. The van der Waals surface area contributed by atoms with Crippen LogP contribution in [0.3, 0.4) is 0 Å². The molecule has 2 aromatic rings. The SMILES string of the molecule is CCNC(=NCc1ccccc1C)NCc1ccc(S(=O)(=O)N2CCCCC2)s1. The number of hydrogen-bond donors (Lipinski definition) is 2. The molecule has 2 heterocycles. The molecule has 8 heteroatoms. The van der Waals surface area contributed by atoms with E-state index < -0.39 is 10.0 Å². The number of nitrogens with one attached hydrogen (secondary N) is 2. The van der Waals surface area contributed by atoms with Gasteiger partial charge in [-0.1, -0.05) is 30.7 Å². The van der Waals surface area contributed by atoms with E-state index in [1.54, 1.807) is 10.4 Å². The maximum atomic E-state index is 12.8. The molecule has 1 aromatic carbocycles. The molecule has 1 aliphatic rings. The molecule has 0 unspecified atom stereocenters. The number of sulfonamides is 1. The van der Waals surface area contributed by atoms with Crippen molar-refractivity contribution in [3.63, 3.8) is 0 Å². The van der Waals surface area contributed by atoms with Crippen LogP contribution in [0, 0.1) is 6.92 Å². The third-order valence-corrected chi connectivity index (χ3v) is 8.44. The van der Waals surface area contributed by atoms with Gasteiger partial charge in [0.15, 0.2) is 5.96 Å². The average molecular weight is 435 g/mol. The summed E-state index contributed by atoms with van der Waals surface area (Å²) < 4.78 is 27.7. The smallest absolute Gasteiger partial charge is 0.252 e. The summed E-state index contributed by atoms with van der Waals surface area (Å²) in [6.45, 7) is 7.27. The molecule has 2 N–H and O–H groups in total. The molecule has 0 radical (unpaired) electrons. The fourth-order valence-corrected chi connectivity index (χ4v) is 6.26. The summed E-state index contributed by atoms with van der Waals surface area (Å²) in [7, 11) is -3.36. The Hall–Kier alpha value is -1.90. The van der Waals surface area contributed by atoms with Crippen LogP contribution in [0.2, 0.25) is 0 Å². The molecule has 1 saturated heterocycles. The van der Waals surface area contributed by atoms with Crippen LogP contribution in [0.4, 0.5) is 0 Å². The van der Waals surface area contributed by atoms with Crippen molar-refractivity contribution in [2.45, 2.75) is 50.4 Å². The Labute approximate surface area is 178 Å². The molecule has 0 spiro atoms. The first-order valence-electron chi connectivity index (χ1n) is 10.2. The Balaban J connectivity index is 1.63. The third kappa shape index (κ3) is 5.81. The van der Waals surface area contributed by atoms with Gasteiger partial charge in [0.1, 0.15) is 4.21 Å². The predicted molar refractivity (Wildman–Crippen MR) is 120 cm³/mol. The largest absolute Gasteiger partial charge is 0.357 e. The Morgan fingerprint density at radius 3 is 2.59 bits per heavy atom. The number of thiophene rings is 1. The highest BCUT2D eigenvalue weighted by Crippen LogP contribution is 2.27. The van der Waals surface area contributed by atoms with Crippen LogP contribution >= 0.6 is 11.3 Å². The van der Waals surface area contributed by atoms with Crippen molar-refractivity contribution in [2.75, 3.05) is 19.6 Å². The van der Waals surface area contributed by atoms with Crippen LogP contribution in [0.1, 0.15) is 42.2 Å². The molecule has 0 saturated carbocycles. The number of hydrogen-bond acceptors (Lipinski definition) is 4. The molecular weight excluding hydrogens is 404 g/mol. The molecule has 29 heavy (non-hydrogen) atoms. The van der Waals surface area contributed by atoms with Gasteiger partial charge in [-0.2, -0.15) is 4.31 Å². The van der Waals surface area contributed by atoms with Crippen molar-refractivity contribution in [1.29, 1.82) is 0 Å². The minimum atomic E-state index is -3.36. The zero-order valence-electron chi connectivity index (χ0n) is 17.1. The lowest BCUT2D eigenvalue weighted by Crippen LogP contribution is -2.36. The molecule has 1 aliphatic heterocycles. The van der Waals surface area contributed by atoms with Crippen molar-refractivity contribution in [3.8, 4) is 0 Å². The number of aliphatic imine (C=N–C) groups is 1. The molecule has 0 bridgehead atoms. The highest BCUT2D eigenvalue weighted by molar-refractivity contribution is 7.91. The Morgan fingerprint density at radius 2 is 1.86 bits per heavy atom. The molecular formula is C21H30N4O2S2. The van der Waals surface area contributed by atoms with Gasteiger partial charge in [-0.15, -0.1) is 11.3 Å². The lowest BCUT2D eigenvalue weighted by molar-refractivity contribution is 0.347. The molecule has 1 aromatic heterocycles. The van der Waals surface area contributed by atoms with E-state index in [1.807, 2.05) is 25.1 Å². The summed E-state index contributed by atoms with van der Waals surface area (Å²) in [5, 5.41) is 6.56. The van der Waals surface area contributed by atoms with Gasteiger partial charge in [0.2, 0.25) is 0 Å². The van der Waals surface area contributed by atoms with Crippen LogP contribution < -0.4 is 10.6 Å². The van der Waals surface area contributed by atoms with E-state index in [-0.39, 0.29) is 0 Å². The number of nitrogens with zero attached hydrogens (tertiary/aromatic N) is 2. The first-order chi connectivity index (χ1) is 14.0. The van der Waals surface area contributed by atoms with E-state index in [0.29, 0.717) is 30.4 Å². The highest BCUT2D eigenvalue weighted by Gasteiger charge is 2.27. The summed E-state index contributed by atoms with van der Waals surface area (Å²) in [6, 6.07) is 11.8. The van der Waals surface area contributed by atoms with Crippen LogP contribution in [0.5, 0.6) is 0 Å². The monoisotopic (exact) mass is 434 g/mol. The molecule has 6 nitrogen and oxygen atoms in total. The zero-order valence-corrected chi connectivity index (χ0v) is 18.8. The number of rotatable bonds is 7.